The average molecular weight is 773 g/mol. The van der Waals surface area contributed by atoms with Gasteiger partial charge in [0.05, 0.1) is 22.1 Å². The van der Waals surface area contributed by atoms with Gasteiger partial charge in [0.15, 0.2) is 8.07 Å². The third-order valence-corrected chi connectivity index (χ3v) is 18.2. The van der Waals surface area contributed by atoms with E-state index in [9.17, 15) is 0 Å². The van der Waals surface area contributed by atoms with Crippen LogP contribution in [0.3, 0.4) is 0 Å². The van der Waals surface area contributed by atoms with Crippen molar-refractivity contribution in [1.29, 1.82) is 0 Å². The first-order chi connectivity index (χ1) is 28.8. The van der Waals surface area contributed by atoms with Crippen molar-refractivity contribution in [2.24, 2.45) is 0 Å². The van der Waals surface area contributed by atoms with Crippen LogP contribution in [0.15, 0.2) is 218 Å². The number of nitrogens with zero attached hydrogens (tertiary/aromatic N) is 2. The van der Waals surface area contributed by atoms with Crippen LogP contribution in [-0.2, 0) is 0 Å². The smallest absolute Gasteiger partial charge is 0.179 e. The summed E-state index contributed by atoms with van der Waals surface area (Å²) in [5.41, 5.74) is 7.24. The molecular formula is C54H36N2SSi. The molecule has 3 heterocycles. The molecule has 0 radical (unpaired) electrons. The van der Waals surface area contributed by atoms with Crippen molar-refractivity contribution in [2.45, 2.75) is 0 Å². The molecule has 9 aromatic carbocycles. The van der Waals surface area contributed by atoms with Gasteiger partial charge in [0.1, 0.15) is 0 Å². The Hall–Kier alpha value is -6.98. The van der Waals surface area contributed by atoms with Crippen molar-refractivity contribution in [3.8, 4) is 11.4 Å². The van der Waals surface area contributed by atoms with Crippen molar-refractivity contribution in [3.05, 3.63) is 218 Å². The van der Waals surface area contributed by atoms with Gasteiger partial charge in [0.2, 0.25) is 0 Å². The molecule has 58 heavy (non-hydrogen) atoms. The fourth-order valence-corrected chi connectivity index (χ4v) is 15.6. The number of hydrogen-bond acceptors (Lipinski definition) is 1. The molecule has 272 valence electrons. The Bertz CT molecular complexity index is 3450. The molecule has 0 aliphatic carbocycles. The van der Waals surface area contributed by atoms with Gasteiger partial charge in [-0.25, -0.2) is 0 Å². The Morgan fingerprint density at radius 1 is 0.276 bits per heavy atom. The summed E-state index contributed by atoms with van der Waals surface area (Å²) in [5.74, 6) is 0. The molecule has 0 N–H and O–H groups in total. The van der Waals surface area contributed by atoms with Crippen molar-refractivity contribution in [3.63, 3.8) is 0 Å². The quantitative estimate of drug-likeness (QED) is 0.118. The van der Waals surface area contributed by atoms with Crippen LogP contribution in [0.4, 0.5) is 0 Å². The Labute approximate surface area is 341 Å². The number of benzene rings is 9. The second-order valence-electron chi connectivity index (χ2n) is 15.3. The van der Waals surface area contributed by atoms with Gasteiger partial charge in [-0.3, -0.25) is 0 Å². The molecule has 12 rings (SSSR count). The maximum Gasteiger partial charge on any atom is 0.179 e. The highest BCUT2D eigenvalue weighted by Crippen LogP contribution is 2.40. The molecule has 0 amide bonds. The van der Waals surface area contributed by atoms with Gasteiger partial charge in [-0.05, 0) is 81.4 Å². The standard InChI is InChI=1S/C54H36N2SSi/c1-4-16-37(17-5-1)55-49-25-13-10-22-43(49)46-34-42(32-33-51(46)55)58(39-18-6-2-7-19-39,40-20-8-3-9-21-40)41-30-28-38(29-31-41)56-50-26-14-11-23-44(50)47-35-48-45-24-12-15-27-53(45)57-54(48)36-52(47)56/h1-36H. The fraction of sp³-hybridized carbons (Fsp3) is 0. The molecule has 0 aliphatic heterocycles. The van der Waals surface area contributed by atoms with E-state index in [0.29, 0.717) is 0 Å². The highest BCUT2D eigenvalue weighted by Gasteiger charge is 2.41. The molecular weight excluding hydrogens is 737 g/mol. The number of thiophene rings is 1. The molecule has 4 heteroatoms. The molecule has 0 saturated heterocycles. The van der Waals surface area contributed by atoms with Crippen LogP contribution in [0.25, 0.3) is 75.2 Å². The lowest BCUT2D eigenvalue weighted by Crippen LogP contribution is -2.74. The normalized spacial score (nSPS) is 12.1. The monoisotopic (exact) mass is 772 g/mol. The molecule has 3 aromatic heterocycles. The van der Waals surface area contributed by atoms with Crippen LogP contribution in [0.2, 0.25) is 0 Å². The van der Waals surface area contributed by atoms with E-state index in [2.05, 4.69) is 228 Å². The highest BCUT2D eigenvalue weighted by atomic mass is 32.1. The van der Waals surface area contributed by atoms with Gasteiger partial charge in [0, 0.05) is 53.1 Å². The van der Waals surface area contributed by atoms with Crippen molar-refractivity contribution in [2.75, 3.05) is 0 Å². The summed E-state index contributed by atoms with van der Waals surface area (Å²) in [5, 5.41) is 13.2. The Morgan fingerprint density at radius 2 is 0.741 bits per heavy atom. The first kappa shape index (κ1) is 33.2. The lowest BCUT2D eigenvalue weighted by molar-refractivity contribution is 1.18. The maximum atomic E-state index is 2.51. The van der Waals surface area contributed by atoms with Gasteiger partial charge >= 0.3 is 0 Å². The number of fused-ring (bicyclic) bond motifs is 9. The van der Waals surface area contributed by atoms with E-state index >= 15 is 0 Å². The molecule has 12 aromatic rings. The topological polar surface area (TPSA) is 9.86 Å². The number of aromatic nitrogens is 2. The van der Waals surface area contributed by atoms with Gasteiger partial charge in [0.25, 0.3) is 0 Å². The molecule has 0 saturated carbocycles. The minimum absolute atomic E-state index is 1.17. The van der Waals surface area contributed by atoms with Gasteiger partial charge in [-0.1, -0.05) is 158 Å². The van der Waals surface area contributed by atoms with E-state index < -0.39 is 8.07 Å². The first-order valence-corrected chi connectivity index (χ1v) is 22.7. The average Bonchev–Trinajstić information content (AvgIpc) is 3.94. The summed E-state index contributed by atoms with van der Waals surface area (Å²) in [6.07, 6.45) is 0. The minimum Gasteiger partial charge on any atom is -0.309 e. The lowest BCUT2D eigenvalue weighted by atomic mass is 10.1. The predicted molar refractivity (Wildman–Crippen MR) is 252 cm³/mol. The predicted octanol–water partition coefficient (Wildman–Crippen LogP) is 11.6. The van der Waals surface area contributed by atoms with E-state index in [-0.39, 0.29) is 0 Å². The zero-order valence-electron chi connectivity index (χ0n) is 31.6. The van der Waals surface area contributed by atoms with Crippen molar-refractivity contribution >= 4 is 104 Å². The third kappa shape index (κ3) is 4.83. The molecule has 2 nitrogen and oxygen atoms in total. The van der Waals surface area contributed by atoms with E-state index in [0.717, 1.165) is 0 Å². The lowest BCUT2D eigenvalue weighted by Gasteiger charge is -2.34. The van der Waals surface area contributed by atoms with Crippen LogP contribution < -0.4 is 20.7 Å². The Morgan fingerprint density at radius 3 is 1.40 bits per heavy atom. The third-order valence-electron chi connectivity index (χ3n) is 12.3. The van der Waals surface area contributed by atoms with Crippen LogP contribution in [-0.4, -0.2) is 17.2 Å². The summed E-state index contributed by atoms with van der Waals surface area (Å²) in [4.78, 5) is 0. The summed E-state index contributed by atoms with van der Waals surface area (Å²) < 4.78 is 7.53. The highest BCUT2D eigenvalue weighted by molar-refractivity contribution is 7.26. The first-order valence-electron chi connectivity index (χ1n) is 19.9. The summed E-state index contributed by atoms with van der Waals surface area (Å²) >= 11 is 1.88. The zero-order chi connectivity index (χ0) is 38.2. The fourth-order valence-electron chi connectivity index (χ4n) is 9.76. The summed E-state index contributed by atoms with van der Waals surface area (Å²) in [6.45, 7) is 0. The zero-order valence-corrected chi connectivity index (χ0v) is 33.4. The van der Waals surface area contributed by atoms with Gasteiger partial charge in [-0.15, -0.1) is 11.3 Å². The Balaban J connectivity index is 1.11. The van der Waals surface area contributed by atoms with E-state index in [4.69, 9.17) is 0 Å². The second-order valence-corrected chi connectivity index (χ2v) is 20.2. The minimum atomic E-state index is -2.86. The molecule has 0 spiro atoms. The number of para-hydroxylation sites is 3. The second kappa shape index (κ2) is 13.0. The van der Waals surface area contributed by atoms with Crippen molar-refractivity contribution < 1.29 is 0 Å². The van der Waals surface area contributed by atoms with Crippen LogP contribution in [0.1, 0.15) is 0 Å². The van der Waals surface area contributed by atoms with E-state index in [1.807, 2.05) is 11.3 Å². The van der Waals surface area contributed by atoms with E-state index in [1.54, 1.807) is 0 Å². The molecule has 0 aliphatic rings. The maximum absolute atomic E-state index is 2.86. The van der Waals surface area contributed by atoms with Crippen LogP contribution >= 0.6 is 11.3 Å². The van der Waals surface area contributed by atoms with Crippen LogP contribution in [0.5, 0.6) is 0 Å². The largest absolute Gasteiger partial charge is 0.309 e. The summed E-state index contributed by atoms with van der Waals surface area (Å²) in [7, 11) is -2.86. The summed E-state index contributed by atoms with van der Waals surface area (Å²) in [6, 6.07) is 81.5. The van der Waals surface area contributed by atoms with Gasteiger partial charge in [-0.2, -0.15) is 0 Å². The molecule has 0 bridgehead atoms. The molecule has 0 fully saturated rings. The SMILES string of the molecule is c1ccc(-n2c3ccccc3c3cc([Si](c4ccccc4)(c4ccccc4)c4ccc(-n5c6ccccc6c6cc7c(cc65)sc5ccccc57)cc4)ccc32)cc1. The van der Waals surface area contributed by atoms with Gasteiger partial charge < -0.3 is 9.13 Å². The van der Waals surface area contributed by atoms with E-state index in [1.165, 1.54) is 95.9 Å². The Kier molecular flexibility index (Phi) is 7.46. The molecule has 0 atom stereocenters. The van der Waals surface area contributed by atoms with Crippen LogP contribution in [0, 0.1) is 0 Å². The number of rotatable bonds is 6. The molecule has 0 unspecified atom stereocenters. The van der Waals surface area contributed by atoms with Crippen molar-refractivity contribution in [1.82, 2.24) is 9.13 Å². The number of hydrogen-bond donors (Lipinski definition) is 0.